The van der Waals surface area contributed by atoms with Gasteiger partial charge < -0.3 is 5.11 Å². The highest BCUT2D eigenvalue weighted by molar-refractivity contribution is 9.10. The maximum atomic E-state index is 14.2. The standard InChI is InChI=1S/C32H23BrN4O9/c33-15-7-10-25(38)23(11-15)26-20-8-9-21-27(31(41)34(29(21)39)16-3-1-5-18(12-16)36(43)44)22(20)14-24-28(26)32(42)35(30(24)40)17-4-2-6-19(13-17)37(45)46/h1-8,10-13,21-22,24,26-28,38H,9,14H2/t21-,22+,24+,26+,27-,28+/m0/s1. The van der Waals surface area contributed by atoms with E-state index in [1.807, 2.05) is 6.08 Å². The number of hydrogen-bond acceptors (Lipinski definition) is 9. The molecule has 2 saturated heterocycles. The monoisotopic (exact) mass is 686 g/mol. The molecular weight excluding hydrogens is 664 g/mol. The molecule has 7 rings (SSSR count). The van der Waals surface area contributed by atoms with Crippen molar-refractivity contribution < 1.29 is 34.1 Å². The Hall–Kier alpha value is -5.24. The molecule has 4 aliphatic rings. The van der Waals surface area contributed by atoms with E-state index in [9.17, 15) is 44.5 Å². The Morgan fingerprint density at radius 2 is 1.28 bits per heavy atom. The minimum atomic E-state index is -0.994. The number of hydrogen-bond donors (Lipinski definition) is 1. The summed E-state index contributed by atoms with van der Waals surface area (Å²) in [4.78, 5) is 79.6. The van der Waals surface area contributed by atoms with Crippen LogP contribution in [0, 0.1) is 49.8 Å². The Kier molecular flexibility index (Phi) is 6.85. The van der Waals surface area contributed by atoms with E-state index in [0.717, 1.165) is 21.9 Å². The van der Waals surface area contributed by atoms with Crippen molar-refractivity contribution >= 4 is 62.3 Å². The number of halogens is 1. The number of non-ortho nitro benzene ring substituents is 2. The third-order valence-corrected chi connectivity index (χ3v) is 10.1. The molecule has 0 unspecified atom stereocenters. The zero-order valence-corrected chi connectivity index (χ0v) is 25.3. The first-order chi connectivity index (χ1) is 22.0. The lowest BCUT2D eigenvalue weighted by Gasteiger charge is -2.44. The summed E-state index contributed by atoms with van der Waals surface area (Å²) in [5, 5.41) is 34.0. The van der Waals surface area contributed by atoms with E-state index in [-0.39, 0.29) is 41.3 Å². The SMILES string of the molecule is O=C1[C@H]2[C@H](CC=C3[C@H]2C[C@H]2C(=O)N(c4cccc([N+](=O)[O-])c4)C(=O)[C@H]2[C@H]3c2cc(Br)ccc2O)C(=O)N1c1cccc([N+](=O)[O-])c1. The molecule has 1 N–H and O–H groups in total. The number of phenolic OH excluding ortho intramolecular Hbond substituents is 1. The molecule has 0 spiro atoms. The molecule has 3 fully saturated rings. The summed E-state index contributed by atoms with van der Waals surface area (Å²) in [6.07, 6.45) is 2.00. The summed E-state index contributed by atoms with van der Waals surface area (Å²) in [5.74, 6) is -7.59. The highest BCUT2D eigenvalue weighted by Gasteiger charge is 2.62. The molecule has 2 aliphatic carbocycles. The van der Waals surface area contributed by atoms with Crippen LogP contribution in [0.25, 0.3) is 0 Å². The van der Waals surface area contributed by atoms with Crippen LogP contribution in [0.15, 0.2) is 82.9 Å². The Balaban J connectivity index is 1.34. The van der Waals surface area contributed by atoms with Gasteiger partial charge in [-0.05, 0) is 49.1 Å². The van der Waals surface area contributed by atoms with Crippen molar-refractivity contribution in [2.24, 2.45) is 29.6 Å². The van der Waals surface area contributed by atoms with Crippen molar-refractivity contribution in [3.63, 3.8) is 0 Å². The van der Waals surface area contributed by atoms with E-state index >= 15 is 0 Å². The predicted octanol–water partition coefficient (Wildman–Crippen LogP) is 5.02. The Bertz CT molecular complexity index is 1940. The molecule has 6 atom stereocenters. The number of anilines is 2. The van der Waals surface area contributed by atoms with Gasteiger partial charge in [0.15, 0.2) is 0 Å². The minimum Gasteiger partial charge on any atom is -0.508 e. The molecule has 13 nitrogen and oxygen atoms in total. The third kappa shape index (κ3) is 4.35. The lowest BCUT2D eigenvalue weighted by molar-refractivity contribution is -0.385. The van der Waals surface area contributed by atoms with Crippen LogP contribution in [0.4, 0.5) is 22.7 Å². The van der Waals surface area contributed by atoms with E-state index < -0.39 is 69.0 Å². The van der Waals surface area contributed by atoms with Gasteiger partial charge in [-0.15, -0.1) is 0 Å². The quantitative estimate of drug-likeness (QED) is 0.167. The van der Waals surface area contributed by atoms with E-state index in [0.29, 0.717) is 15.6 Å². The van der Waals surface area contributed by atoms with Gasteiger partial charge in [0.1, 0.15) is 5.75 Å². The smallest absolute Gasteiger partial charge is 0.271 e. The van der Waals surface area contributed by atoms with Crippen molar-refractivity contribution in [1.82, 2.24) is 0 Å². The maximum absolute atomic E-state index is 14.2. The van der Waals surface area contributed by atoms with E-state index in [2.05, 4.69) is 15.9 Å². The lowest BCUT2D eigenvalue weighted by atomic mass is 9.57. The molecule has 3 aromatic carbocycles. The van der Waals surface area contributed by atoms with Crippen LogP contribution in [-0.4, -0.2) is 38.6 Å². The number of nitro groups is 2. The molecule has 3 aromatic rings. The third-order valence-electron chi connectivity index (χ3n) is 9.57. The number of amides is 4. The summed E-state index contributed by atoms with van der Waals surface area (Å²) in [7, 11) is 0. The largest absolute Gasteiger partial charge is 0.508 e. The Labute approximate surface area is 268 Å². The van der Waals surface area contributed by atoms with Crippen molar-refractivity contribution in [2.45, 2.75) is 18.8 Å². The molecule has 0 radical (unpaired) electrons. The Morgan fingerprint density at radius 1 is 0.717 bits per heavy atom. The second-order valence-corrected chi connectivity index (χ2v) is 12.7. The molecule has 2 aliphatic heterocycles. The second-order valence-electron chi connectivity index (χ2n) is 11.8. The number of allylic oxidation sites excluding steroid dienone is 2. The first-order valence-electron chi connectivity index (χ1n) is 14.4. The van der Waals surface area contributed by atoms with Crippen LogP contribution in [0.3, 0.4) is 0 Å². The highest BCUT2D eigenvalue weighted by Crippen LogP contribution is 2.59. The van der Waals surface area contributed by atoms with Crippen molar-refractivity contribution in [3.8, 4) is 5.75 Å². The summed E-state index contributed by atoms with van der Waals surface area (Å²) in [6.45, 7) is 0. The summed E-state index contributed by atoms with van der Waals surface area (Å²) >= 11 is 3.42. The summed E-state index contributed by atoms with van der Waals surface area (Å²) in [6, 6.07) is 15.2. The van der Waals surface area contributed by atoms with Crippen LogP contribution in [0.2, 0.25) is 0 Å². The van der Waals surface area contributed by atoms with Gasteiger partial charge >= 0.3 is 0 Å². The van der Waals surface area contributed by atoms with Crippen molar-refractivity contribution in [3.05, 3.63) is 109 Å². The number of rotatable bonds is 5. The van der Waals surface area contributed by atoms with Crippen molar-refractivity contribution in [1.29, 1.82) is 0 Å². The lowest BCUT2D eigenvalue weighted by Crippen LogP contribution is -2.43. The zero-order chi connectivity index (χ0) is 32.6. The number of carbonyl (C=O) groups is 4. The molecule has 46 heavy (non-hydrogen) atoms. The topological polar surface area (TPSA) is 181 Å². The van der Waals surface area contributed by atoms with Gasteiger partial charge in [0.05, 0.1) is 44.9 Å². The molecule has 1 saturated carbocycles. The van der Waals surface area contributed by atoms with Crippen LogP contribution in [0.5, 0.6) is 5.75 Å². The molecule has 0 aromatic heterocycles. The van der Waals surface area contributed by atoms with Gasteiger partial charge in [-0.2, -0.15) is 0 Å². The van der Waals surface area contributed by atoms with Gasteiger partial charge in [-0.25, -0.2) is 9.80 Å². The predicted molar refractivity (Wildman–Crippen MR) is 164 cm³/mol. The second kappa shape index (κ2) is 10.7. The average molecular weight is 687 g/mol. The van der Waals surface area contributed by atoms with E-state index in [1.54, 1.807) is 12.1 Å². The van der Waals surface area contributed by atoms with Gasteiger partial charge in [0.25, 0.3) is 11.4 Å². The first kappa shape index (κ1) is 29.5. The summed E-state index contributed by atoms with van der Waals surface area (Å²) in [5.41, 5.74) is 0.514. The molecule has 0 bridgehead atoms. The number of phenols is 1. The fraction of sp³-hybridized carbons (Fsp3) is 0.250. The van der Waals surface area contributed by atoms with Crippen molar-refractivity contribution in [2.75, 3.05) is 9.80 Å². The number of imide groups is 2. The number of fused-ring (bicyclic) bond motifs is 4. The minimum absolute atomic E-state index is 0.0367. The van der Waals surface area contributed by atoms with Crippen LogP contribution >= 0.6 is 15.9 Å². The summed E-state index contributed by atoms with van der Waals surface area (Å²) < 4.78 is 0.601. The number of nitrogens with zero attached hydrogens (tertiary/aromatic N) is 4. The fourth-order valence-electron chi connectivity index (χ4n) is 7.71. The van der Waals surface area contributed by atoms with Gasteiger partial charge in [0, 0.05) is 40.2 Å². The first-order valence-corrected chi connectivity index (χ1v) is 15.2. The molecular formula is C32H23BrN4O9. The van der Waals surface area contributed by atoms with E-state index in [1.165, 1.54) is 42.5 Å². The fourth-order valence-corrected chi connectivity index (χ4v) is 8.09. The average Bonchev–Trinajstić information content (AvgIpc) is 3.44. The Morgan fingerprint density at radius 3 is 1.87 bits per heavy atom. The van der Waals surface area contributed by atoms with Crippen LogP contribution in [-0.2, 0) is 19.2 Å². The molecule has 232 valence electrons. The number of carbonyl (C=O) groups excluding carboxylic acids is 4. The van der Waals surface area contributed by atoms with Crippen LogP contribution in [0.1, 0.15) is 24.3 Å². The zero-order valence-electron chi connectivity index (χ0n) is 23.7. The number of aromatic hydroxyl groups is 1. The van der Waals surface area contributed by atoms with Gasteiger partial charge in [-0.3, -0.25) is 39.4 Å². The molecule has 2 heterocycles. The highest BCUT2D eigenvalue weighted by atomic mass is 79.9. The van der Waals surface area contributed by atoms with Crippen LogP contribution < -0.4 is 9.80 Å². The normalized spacial score (nSPS) is 26.8. The molecule has 14 heteroatoms. The van der Waals surface area contributed by atoms with E-state index in [4.69, 9.17) is 0 Å². The number of nitro benzene ring substituents is 2. The van der Waals surface area contributed by atoms with Gasteiger partial charge in [-0.1, -0.05) is 39.7 Å². The molecule has 4 amide bonds. The maximum Gasteiger partial charge on any atom is 0.271 e. The van der Waals surface area contributed by atoms with Gasteiger partial charge in [0.2, 0.25) is 23.6 Å². The number of benzene rings is 3.